The van der Waals surface area contributed by atoms with Gasteiger partial charge in [0.1, 0.15) is 0 Å². The van der Waals surface area contributed by atoms with Gasteiger partial charge in [0.2, 0.25) is 0 Å². The largest absolute Gasteiger partial charge is 0.481 e. The highest BCUT2D eigenvalue weighted by Crippen LogP contribution is 2.04. The van der Waals surface area contributed by atoms with Crippen molar-refractivity contribution in [1.29, 1.82) is 0 Å². The van der Waals surface area contributed by atoms with Gasteiger partial charge in [0, 0.05) is 12.7 Å². The Kier molecular flexibility index (Phi) is 4.72. The number of hydrogen-bond acceptors (Lipinski definition) is 2. The molecule has 1 heterocycles. The molecule has 5 heteroatoms. The lowest BCUT2D eigenvalue weighted by Crippen LogP contribution is -2.00. The van der Waals surface area contributed by atoms with Crippen LogP contribution in [0.1, 0.15) is 11.3 Å². The fourth-order valence-electron chi connectivity index (χ4n) is 1.53. The van der Waals surface area contributed by atoms with Crippen LogP contribution in [-0.4, -0.2) is 20.6 Å². The van der Waals surface area contributed by atoms with Crippen LogP contribution in [0.3, 0.4) is 0 Å². The van der Waals surface area contributed by atoms with E-state index in [-0.39, 0.29) is 18.8 Å². The Morgan fingerprint density at radius 2 is 2.00 bits per heavy atom. The zero-order chi connectivity index (χ0) is 11.4. The molecule has 0 amide bonds. The fourth-order valence-corrected chi connectivity index (χ4v) is 1.53. The maximum atomic E-state index is 10.5. The summed E-state index contributed by atoms with van der Waals surface area (Å²) in [5.41, 5.74) is 1.75. The molecule has 0 saturated carbocycles. The smallest absolute Gasteiger partial charge is 0.309 e. The second-order valence-electron chi connectivity index (χ2n) is 3.59. The van der Waals surface area contributed by atoms with Crippen LogP contribution in [0.25, 0.3) is 0 Å². The quantitative estimate of drug-likeness (QED) is 0.905. The molecule has 0 atom stereocenters. The molecule has 0 saturated heterocycles. The number of aromatic nitrogens is 2. The van der Waals surface area contributed by atoms with E-state index in [2.05, 4.69) is 4.98 Å². The van der Waals surface area contributed by atoms with Gasteiger partial charge in [0.05, 0.1) is 18.4 Å². The number of imidazole rings is 1. The van der Waals surface area contributed by atoms with Crippen LogP contribution in [0, 0.1) is 0 Å². The van der Waals surface area contributed by atoms with Crippen LogP contribution in [0.15, 0.2) is 42.9 Å². The molecule has 2 aromatic rings. The second kappa shape index (κ2) is 6.06. The summed E-state index contributed by atoms with van der Waals surface area (Å²) in [4.78, 5) is 14.5. The van der Waals surface area contributed by atoms with Gasteiger partial charge in [0.15, 0.2) is 0 Å². The van der Waals surface area contributed by atoms with E-state index in [1.165, 1.54) is 5.56 Å². The highest BCUT2D eigenvalue weighted by molar-refractivity contribution is 5.85. The Morgan fingerprint density at radius 3 is 2.65 bits per heavy atom. The summed E-state index contributed by atoms with van der Waals surface area (Å²) in [6.07, 6.45) is 3.40. The standard InChI is InChI=1S/C12H12N2O2.ClH/c15-12(16)6-11-8-14(9-13-11)7-10-4-2-1-3-5-10;/h1-5,8-9H,6-7H2,(H,15,16);1H. The van der Waals surface area contributed by atoms with Crippen molar-refractivity contribution in [2.24, 2.45) is 0 Å². The van der Waals surface area contributed by atoms with Crippen LogP contribution in [0.2, 0.25) is 0 Å². The first-order valence-corrected chi connectivity index (χ1v) is 5.00. The number of hydrogen-bond donors (Lipinski definition) is 1. The molecule has 0 aliphatic rings. The van der Waals surface area contributed by atoms with Gasteiger partial charge < -0.3 is 9.67 Å². The molecule has 1 aromatic heterocycles. The third-order valence-corrected chi connectivity index (χ3v) is 2.23. The summed E-state index contributed by atoms with van der Waals surface area (Å²) < 4.78 is 1.88. The molecule has 0 fully saturated rings. The molecule has 17 heavy (non-hydrogen) atoms. The van der Waals surface area contributed by atoms with Crippen LogP contribution in [0.4, 0.5) is 0 Å². The summed E-state index contributed by atoms with van der Waals surface area (Å²) >= 11 is 0. The highest BCUT2D eigenvalue weighted by atomic mass is 35.5. The van der Waals surface area contributed by atoms with Crippen molar-refractivity contribution in [2.75, 3.05) is 0 Å². The molecule has 0 radical (unpaired) electrons. The number of nitrogens with zero attached hydrogens (tertiary/aromatic N) is 2. The Labute approximate surface area is 105 Å². The summed E-state index contributed by atoms with van der Waals surface area (Å²) in [6.45, 7) is 0.716. The summed E-state index contributed by atoms with van der Waals surface area (Å²) in [6, 6.07) is 9.97. The molecular weight excluding hydrogens is 240 g/mol. The van der Waals surface area contributed by atoms with Crippen LogP contribution in [-0.2, 0) is 17.8 Å². The van der Waals surface area contributed by atoms with E-state index >= 15 is 0 Å². The highest BCUT2D eigenvalue weighted by Gasteiger charge is 2.03. The predicted octanol–water partition coefficient (Wildman–Crippen LogP) is 1.98. The van der Waals surface area contributed by atoms with Gasteiger partial charge in [-0.2, -0.15) is 0 Å². The van der Waals surface area contributed by atoms with Crippen molar-refractivity contribution in [3.63, 3.8) is 0 Å². The lowest BCUT2D eigenvalue weighted by Gasteiger charge is -2.00. The van der Waals surface area contributed by atoms with E-state index in [1.807, 2.05) is 34.9 Å². The number of carboxylic acid groups (broad SMARTS) is 1. The van der Waals surface area contributed by atoms with E-state index in [0.29, 0.717) is 12.2 Å². The third kappa shape index (κ3) is 3.92. The minimum absolute atomic E-state index is 0. The van der Waals surface area contributed by atoms with Crippen LogP contribution in [0.5, 0.6) is 0 Å². The maximum absolute atomic E-state index is 10.5. The molecule has 0 aliphatic heterocycles. The molecule has 90 valence electrons. The van der Waals surface area contributed by atoms with Crippen molar-refractivity contribution in [1.82, 2.24) is 9.55 Å². The molecule has 2 rings (SSSR count). The molecule has 0 bridgehead atoms. The van der Waals surface area contributed by atoms with E-state index in [4.69, 9.17) is 5.11 Å². The summed E-state index contributed by atoms with van der Waals surface area (Å²) in [5.74, 6) is -0.857. The van der Waals surface area contributed by atoms with Crippen molar-refractivity contribution in [3.05, 3.63) is 54.1 Å². The Bertz CT molecular complexity index is 482. The summed E-state index contributed by atoms with van der Waals surface area (Å²) in [5, 5.41) is 8.62. The first-order valence-electron chi connectivity index (χ1n) is 5.00. The number of rotatable bonds is 4. The topological polar surface area (TPSA) is 55.1 Å². The average molecular weight is 253 g/mol. The normalized spacial score (nSPS) is 9.65. The molecule has 0 aliphatic carbocycles. The molecule has 1 N–H and O–H groups in total. The second-order valence-corrected chi connectivity index (χ2v) is 3.59. The molecule has 1 aromatic carbocycles. The van der Waals surface area contributed by atoms with Gasteiger partial charge in [-0.05, 0) is 5.56 Å². The monoisotopic (exact) mass is 252 g/mol. The SMILES string of the molecule is Cl.O=C(O)Cc1cn(Cc2ccccc2)cn1. The van der Waals surface area contributed by atoms with Crippen molar-refractivity contribution in [3.8, 4) is 0 Å². The number of carbonyl (C=O) groups is 1. The van der Waals surface area contributed by atoms with E-state index in [1.54, 1.807) is 12.5 Å². The van der Waals surface area contributed by atoms with E-state index in [9.17, 15) is 4.79 Å². The van der Waals surface area contributed by atoms with Gasteiger partial charge >= 0.3 is 5.97 Å². The zero-order valence-corrected chi connectivity index (χ0v) is 9.93. The molecule has 0 spiro atoms. The Hall–Kier alpha value is -1.81. The number of aliphatic carboxylic acids is 1. The van der Waals surface area contributed by atoms with Gasteiger partial charge in [-0.1, -0.05) is 30.3 Å². The minimum Gasteiger partial charge on any atom is -0.481 e. The third-order valence-electron chi connectivity index (χ3n) is 2.23. The number of benzene rings is 1. The summed E-state index contributed by atoms with van der Waals surface area (Å²) in [7, 11) is 0. The van der Waals surface area contributed by atoms with Crippen molar-refractivity contribution in [2.45, 2.75) is 13.0 Å². The van der Waals surface area contributed by atoms with Crippen LogP contribution >= 0.6 is 12.4 Å². The first kappa shape index (κ1) is 13.3. The van der Waals surface area contributed by atoms with Gasteiger partial charge in [0.25, 0.3) is 0 Å². The lowest BCUT2D eigenvalue weighted by atomic mass is 10.2. The number of halogens is 1. The van der Waals surface area contributed by atoms with Crippen molar-refractivity contribution >= 4 is 18.4 Å². The van der Waals surface area contributed by atoms with Gasteiger partial charge in [-0.15, -0.1) is 12.4 Å². The fraction of sp³-hybridized carbons (Fsp3) is 0.167. The first-order chi connectivity index (χ1) is 7.74. The average Bonchev–Trinajstić information content (AvgIpc) is 2.66. The minimum atomic E-state index is -0.857. The molecular formula is C12H13ClN2O2. The van der Waals surface area contributed by atoms with Crippen molar-refractivity contribution < 1.29 is 9.90 Å². The van der Waals surface area contributed by atoms with E-state index in [0.717, 1.165) is 0 Å². The van der Waals surface area contributed by atoms with Gasteiger partial charge in [-0.3, -0.25) is 4.79 Å². The lowest BCUT2D eigenvalue weighted by molar-refractivity contribution is -0.136. The molecule has 0 unspecified atom stereocenters. The maximum Gasteiger partial charge on any atom is 0.309 e. The van der Waals surface area contributed by atoms with Crippen LogP contribution < -0.4 is 0 Å². The molecule has 4 nitrogen and oxygen atoms in total. The van der Waals surface area contributed by atoms with E-state index < -0.39 is 5.97 Å². The Balaban J connectivity index is 0.00000144. The number of carboxylic acids is 1. The Morgan fingerprint density at radius 1 is 1.29 bits per heavy atom. The predicted molar refractivity (Wildman–Crippen MR) is 66.4 cm³/mol. The van der Waals surface area contributed by atoms with Gasteiger partial charge in [-0.25, -0.2) is 4.98 Å². The zero-order valence-electron chi connectivity index (χ0n) is 9.11.